The first kappa shape index (κ1) is 11.0. The number of ether oxygens (including phenoxy) is 2. The number of H-pyrrole nitrogens is 1. The maximum atomic E-state index is 11.2. The lowest BCUT2D eigenvalue weighted by Gasteiger charge is -2.04. The van der Waals surface area contributed by atoms with Crippen molar-refractivity contribution in [1.29, 1.82) is 0 Å². The average molecular weight is 214 g/mol. The van der Waals surface area contributed by atoms with Crippen LogP contribution >= 0.6 is 0 Å². The van der Waals surface area contributed by atoms with Gasteiger partial charge in [0.05, 0.1) is 20.4 Å². The Hall–Kier alpha value is -2.05. The summed E-state index contributed by atoms with van der Waals surface area (Å²) in [6, 6.07) is 0. The van der Waals surface area contributed by atoms with Crippen molar-refractivity contribution in [1.82, 2.24) is 9.55 Å². The third kappa shape index (κ3) is 2.46. The van der Waals surface area contributed by atoms with Crippen molar-refractivity contribution >= 4 is 5.97 Å². The number of esters is 1. The van der Waals surface area contributed by atoms with Gasteiger partial charge in [-0.25, -0.2) is 4.79 Å². The van der Waals surface area contributed by atoms with E-state index < -0.39 is 17.2 Å². The molecule has 0 atom stereocenters. The molecule has 0 saturated heterocycles. The van der Waals surface area contributed by atoms with Crippen LogP contribution in [-0.4, -0.2) is 29.7 Å². The van der Waals surface area contributed by atoms with E-state index in [0.29, 0.717) is 0 Å². The molecule has 0 aromatic carbocycles. The summed E-state index contributed by atoms with van der Waals surface area (Å²) in [5.41, 5.74) is -1.32. The van der Waals surface area contributed by atoms with E-state index in [1.165, 1.54) is 14.2 Å². The molecule has 0 aliphatic rings. The Labute approximate surface area is 84.3 Å². The summed E-state index contributed by atoms with van der Waals surface area (Å²) in [6.07, 6.45) is 1.15. The van der Waals surface area contributed by atoms with E-state index in [0.717, 1.165) is 10.8 Å². The molecule has 0 amide bonds. The second kappa shape index (κ2) is 4.45. The number of nitrogens with zero attached hydrogens (tertiary/aromatic N) is 1. The summed E-state index contributed by atoms with van der Waals surface area (Å²) in [6.45, 7) is -0.275. The molecule has 0 bridgehead atoms. The van der Waals surface area contributed by atoms with Gasteiger partial charge in [0, 0.05) is 0 Å². The van der Waals surface area contributed by atoms with E-state index >= 15 is 0 Å². The minimum absolute atomic E-state index is 0.0431. The molecule has 1 aromatic rings. The fourth-order valence-electron chi connectivity index (χ4n) is 0.956. The molecule has 0 fully saturated rings. The molecule has 82 valence electrons. The molecule has 1 N–H and O–H groups in total. The van der Waals surface area contributed by atoms with Crippen LogP contribution in [0.25, 0.3) is 0 Å². The first-order valence-electron chi connectivity index (χ1n) is 4.03. The van der Waals surface area contributed by atoms with E-state index in [9.17, 15) is 14.4 Å². The number of rotatable bonds is 3. The van der Waals surface area contributed by atoms with Crippen LogP contribution in [0.2, 0.25) is 0 Å². The zero-order valence-corrected chi connectivity index (χ0v) is 8.27. The van der Waals surface area contributed by atoms with E-state index in [1.807, 2.05) is 4.98 Å². The van der Waals surface area contributed by atoms with Gasteiger partial charge in [0.25, 0.3) is 5.56 Å². The van der Waals surface area contributed by atoms with Gasteiger partial charge in [-0.3, -0.25) is 19.1 Å². The normalized spacial score (nSPS) is 9.73. The first-order valence-corrected chi connectivity index (χ1v) is 4.03. The van der Waals surface area contributed by atoms with Crippen LogP contribution < -0.4 is 16.0 Å². The van der Waals surface area contributed by atoms with Gasteiger partial charge in [-0.1, -0.05) is 0 Å². The highest BCUT2D eigenvalue weighted by molar-refractivity contribution is 5.68. The predicted molar refractivity (Wildman–Crippen MR) is 49.9 cm³/mol. The molecule has 0 unspecified atom stereocenters. The van der Waals surface area contributed by atoms with E-state index in [2.05, 4.69) is 4.74 Å². The minimum Gasteiger partial charge on any atom is -0.490 e. The Bertz CT molecular complexity index is 473. The monoisotopic (exact) mass is 214 g/mol. The molecule has 0 saturated carbocycles. The molecule has 0 spiro atoms. The number of aromatic nitrogens is 2. The van der Waals surface area contributed by atoms with Crippen LogP contribution in [0, 0.1) is 0 Å². The number of hydrogen-bond acceptors (Lipinski definition) is 5. The molecule has 7 nitrogen and oxygen atoms in total. The highest BCUT2D eigenvalue weighted by atomic mass is 16.5. The third-order valence-electron chi connectivity index (χ3n) is 1.73. The van der Waals surface area contributed by atoms with Crippen molar-refractivity contribution in [2.75, 3.05) is 14.2 Å². The molecule has 0 radical (unpaired) electrons. The summed E-state index contributed by atoms with van der Waals surface area (Å²) < 4.78 is 10.1. The van der Waals surface area contributed by atoms with Gasteiger partial charge in [0.2, 0.25) is 5.75 Å². The molecule has 0 aliphatic heterocycles. The maximum Gasteiger partial charge on any atom is 0.329 e. The Morgan fingerprint density at radius 2 is 2.13 bits per heavy atom. The van der Waals surface area contributed by atoms with Crippen LogP contribution in [0.1, 0.15) is 0 Å². The largest absolute Gasteiger partial charge is 0.490 e. The second-order valence-corrected chi connectivity index (χ2v) is 2.66. The fraction of sp³-hybridized carbons (Fsp3) is 0.375. The van der Waals surface area contributed by atoms with Gasteiger partial charge in [-0.15, -0.1) is 0 Å². The lowest BCUT2D eigenvalue weighted by atomic mass is 10.5. The van der Waals surface area contributed by atoms with Crippen molar-refractivity contribution in [3.63, 3.8) is 0 Å². The first-order chi connectivity index (χ1) is 7.08. The number of methoxy groups -OCH3 is 2. The summed E-state index contributed by atoms with van der Waals surface area (Å²) in [7, 11) is 2.49. The zero-order chi connectivity index (χ0) is 11.4. The molecular weight excluding hydrogens is 204 g/mol. The molecule has 0 aliphatic carbocycles. The van der Waals surface area contributed by atoms with Gasteiger partial charge >= 0.3 is 11.7 Å². The van der Waals surface area contributed by atoms with Crippen molar-refractivity contribution in [2.24, 2.45) is 0 Å². The molecular formula is C8H10N2O5. The van der Waals surface area contributed by atoms with Crippen molar-refractivity contribution in [3.05, 3.63) is 27.0 Å². The van der Waals surface area contributed by atoms with Crippen molar-refractivity contribution in [2.45, 2.75) is 6.54 Å². The Morgan fingerprint density at radius 3 is 2.67 bits per heavy atom. The minimum atomic E-state index is -0.689. The summed E-state index contributed by atoms with van der Waals surface area (Å²) >= 11 is 0. The van der Waals surface area contributed by atoms with Gasteiger partial charge < -0.3 is 9.47 Å². The average Bonchev–Trinajstić information content (AvgIpc) is 2.21. The van der Waals surface area contributed by atoms with Crippen LogP contribution in [0.3, 0.4) is 0 Å². The number of nitrogens with one attached hydrogen (secondary N) is 1. The van der Waals surface area contributed by atoms with Crippen molar-refractivity contribution in [3.8, 4) is 5.75 Å². The van der Waals surface area contributed by atoms with E-state index in [4.69, 9.17) is 4.74 Å². The maximum absolute atomic E-state index is 11.2. The molecule has 7 heteroatoms. The summed E-state index contributed by atoms with van der Waals surface area (Å²) in [5, 5.41) is 0. The number of carbonyl (C=O) groups is 1. The Morgan fingerprint density at radius 1 is 1.47 bits per heavy atom. The third-order valence-corrected chi connectivity index (χ3v) is 1.73. The standard InChI is InChI=1S/C8H10N2O5/c1-14-5-3-10(4-6(11)15-2)8(13)9-7(5)12/h3H,4H2,1-2H3,(H,9,12,13). The Kier molecular flexibility index (Phi) is 3.27. The highest BCUT2D eigenvalue weighted by Gasteiger charge is 2.08. The Balaban J connectivity index is 3.14. The van der Waals surface area contributed by atoms with E-state index in [1.54, 1.807) is 0 Å². The van der Waals surface area contributed by atoms with Crippen LogP contribution in [0.5, 0.6) is 5.75 Å². The van der Waals surface area contributed by atoms with Crippen LogP contribution in [-0.2, 0) is 16.1 Å². The smallest absolute Gasteiger partial charge is 0.329 e. The highest BCUT2D eigenvalue weighted by Crippen LogP contribution is 1.96. The molecule has 15 heavy (non-hydrogen) atoms. The van der Waals surface area contributed by atoms with Crippen LogP contribution in [0.15, 0.2) is 15.8 Å². The molecule has 1 rings (SSSR count). The topological polar surface area (TPSA) is 90.4 Å². The summed E-state index contributed by atoms with van der Waals surface area (Å²) in [5.74, 6) is -0.635. The van der Waals surface area contributed by atoms with Gasteiger partial charge in [0.15, 0.2) is 0 Å². The lowest BCUT2D eigenvalue weighted by Crippen LogP contribution is -2.32. The van der Waals surface area contributed by atoms with Crippen LogP contribution in [0.4, 0.5) is 0 Å². The zero-order valence-electron chi connectivity index (χ0n) is 8.27. The van der Waals surface area contributed by atoms with Gasteiger partial charge in [0.1, 0.15) is 6.54 Å². The van der Waals surface area contributed by atoms with Gasteiger partial charge in [-0.05, 0) is 0 Å². The quantitative estimate of drug-likeness (QED) is 0.633. The van der Waals surface area contributed by atoms with Gasteiger partial charge in [-0.2, -0.15) is 0 Å². The van der Waals surface area contributed by atoms with E-state index in [-0.39, 0.29) is 12.3 Å². The second-order valence-electron chi connectivity index (χ2n) is 2.66. The number of carbonyl (C=O) groups excluding carboxylic acids is 1. The predicted octanol–water partition coefficient (Wildman–Crippen LogP) is -1.28. The number of aromatic amines is 1. The summed E-state index contributed by atoms with van der Waals surface area (Å²) in [4.78, 5) is 35.2. The SMILES string of the molecule is COC(=O)Cn1cc(OC)c(=O)[nH]c1=O. The van der Waals surface area contributed by atoms with Crippen molar-refractivity contribution < 1.29 is 14.3 Å². The molecule has 1 aromatic heterocycles. The lowest BCUT2D eigenvalue weighted by molar-refractivity contribution is -0.141. The number of hydrogen-bond donors (Lipinski definition) is 1. The molecule has 1 heterocycles. The fourth-order valence-corrected chi connectivity index (χ4v) is 0.956.